The van der Waals surface area contributed by atoms with Gasteiger partial charge < -0.3 is 20.4 Å². The highest BCUT2D eigenvalue weighted by Gasteiger charge is 2.66. The molecule has 2 aromatic carbocycles. The van der Waals surface area contributed by atoms with Crippen molar-refractivity contribution < 1.29 is 14.0 Å². The number of hydrogen-bond donors (Lipinski definition) is 2. The molecular weight excluding hydrogens is 514 g/mol. The smallest absolute Gasteiger partial charge is 0.240 e. The lowest BCUT2D eigenvalue weighted by atomic mass is 9.62. The first-order valence-electron chi connectivity index (χ1n) is 12.7. The van der Waals surface area contributed by atoms with Gasteiger partial charge in [0.2, 0.25) is 11.8 Å². The normalized spacial score (nSPS) is 28.0. The van der Waals surface area contributed by atoms with E-state index in [4.69, 9.17) is 23.2 Å². The van der Waals surface area contributed by atoms with Crippen molar-refractivity contribution in [3.63, 3.8) is 0 Å². The van der Waals surface area contributed by atoms with Crippen LogP contribution in [-0.4, -0.2) is 66.9 Å². The van der Waals surface area contributed by atoms with Gasteiger partial charge in [-0.15, -0.1) is 0 Å². The van der Waals surface area contributed by atoms with Gasteiger partial charge >= 0.3 is 0 Å². The monoisotopic (exact) mass is 546 g/mol. The summed E-state index contributed by atoms with van der Waals surface area (Å²) in [6, 6.07) is 9.04. The minimum Gasteiger partial charge on any atom is -0.339 e. The number of amides is 2. The molecule has 198 valence electrons. The predicted octanol–water partition coefficient (Wildman–Crippen LogP) is 4.66. The summed E-state index contributed by atoms with van der Waals surface area (Å²) >= 11 is 12.6. The molecule has 3 aliphatic rings. The summed E-state index contributed by atoms with van der Waals surface area (Å²) in [7, 11) is 2.04. The number of carbonyl (C=O) groups excluding carboxylic acids is 2. The molecule has 3 heterocycles. The minimum absolute atomic E-state index is 0.0513. The Morgan fingerprint density at radius 1 is 1.14 bits per heavy atom. The molecule has 0 aromatic heterocycles. The van der Waals surface area contributed by atoms with Crippen LogP contribution in [0.5, 0.6) is 0 Å². The molecule has 2 fully saturated rings. The van der Waals surface area contributed by atoms with Gasteiger partial charge in [0.1, 0.15) is 11.2 Å². The summed E-state index contributed by atoms with van der Waals surface area (Å²) in [5, 5.41) is 7.03. The maximum absolute atomic E-state index is 15.0. The predicted molar refractivity (Wildman–Crippen MR) is 145 cm³/mol. The number of nitrogens with zero attached hydrogens (tertiary/aromatic N) is 2. The van der Waals surface area contributed by atoms with Gasteiger partial charge in [-0.3, -0.25) is 9.59 Å². The lowest BCUT2D eigenvalue weighted by Gasteiger charge is -2.38. The Bertz CT molecular complexity index is 1240. The van der Waals surface area contributed by atoms with Crippen molar-refractivity contribution >= 4 is 40.7 Å². The molecule has 6 nitrogen and oxygen atoms in total. The van der Waals surface area contributed by atoms with E-state index in [1.807, 2.05) is 30.1 Å². The molecule has 5 rings (SSSR count). The standard InChI is InChI=1S/C28H33Cl2FN4O2/c1-27(2,3)15-22-28(18-13-20(31)19(30)14-21(18)32-26(28)37)23(16-6-5-7-17(29)12-16)24(33-22)25(36)35-10-8-34(4)9-11-35/h5-7,12-14,22-24,33H,8-11,15H2,1-4H3,(H,32,37)/t22-,23+,24-,28+/m1/s1. The fourth-order valence-corrected chi connectivity index (χ4v) is 6.71. The summed E-state index contributed by atoms with van der Waals surface area (Å²) in [5.41, 5.74) is 0.369. The average Bonchev–Trinajstić information content (AvgIpc) is 3.28. The molecular formula is C28H33Cl2FN4O2. The van der Waals surface area contributed by atoms with Crippen molar-refractivity contribution in [3.8, 4) is 0 Å². The van der Waals surface area contributed by atoms with Gasteiger partial charge in [0.25, 0.3) is 0 Å². The number of fused-ring (bicyclic) bond motifs is 2. The summed E-state index contributed by atoms with van der Waals surface area (Å²) < 4.78 is 15.0. The molecule has 9 heteroatoms. The van der Waals surface area contributed by atoms with Crippen LogP contribution in [0.15, 0.2) is 36.4 Å². The SMILES string of the molecule is CN1CCN(C(=O)[C@@H]2N[C@H](CC(C)(C)C)[C@]3(C(=O)Nc4cc(Cl)c(F)cc43)[C@H]2c2cccc(Cl)c2)CC1. The van der Waals surface area contributed by atoms with Crippen molar-refractivity contribution in [1.29, 1.82) is 0 Å². The van der Waals surface area contributed by atoms with Gasteiger partial charge in [0.05, 0.1) is 11.1 Å². The highest BCUT2D eigenvalue weighted by Crippen LogP contribution is 2.57. The first kappa shape index (κ1) is 26.4. The average molecular weight is 548 g/mol. The Balaban J connectivity index is 1.72. The molecule has 3 aliphatic heterocycles. The van der Waals surface area contributed by atoms with Crippen molar-refractivity contribution in [2.75, 3.05) is 38.5 Å². The summed E-state index contributed by atoms with van der Waals surface area (Å²) in [6.45, 7) is 9.08. The molecule has 0 aliphatic carbocycles. The Morgan fingerprint density at radius 3 is 2.49 bits per heavy atom. The van der Waals surface area contributed by atoms with E-state index in [2.05, 4.69) is 36.3 Å². The maximum Gasteiger partial charge on any atom is 0.240 e. The maximum atomic E-state index is 15.0. The quantitative estimate of drug-likeness (QED) is 0.587. The zero-order valence-corrected chi connectivity index (χ0v) is 23.1. The van der Waals surface area contributed by atoms with Crippen molar-refractivity contribution in [3.05, 3.63) is 63.4 Å². The molecule has 2 aromatic rings. The highest BCUT2D eigenvalue weighted by atomic mass is 35.5. The van der Waals surface area contributed by atoms with Crippen LogP contribution >= 0.6 is 23.2 Å². The van der Waals surface area contributed by atoms with Crippen molar-refractivity contribution in [2.24, 2.45) is 5.41 Å². The third-order valence-electron chi connectivity index (χ3n) is 7.99. The number of likely N-dealkylation sites (N-methyl/N-ethyl adjacent to an activating group) is 1. The zero-order valence-electron chi connectivity index (χ0n) is 21.6. The molecule has 37 heavy (non-hydrogen) atoms. The second kappa shape index (κ2) is 9.53. The van der Waals surface area contributed by atoms with E-state index in [9.17, 15) is 14.0 Å². The first-order chi connectivity index (χ1) is 17.4. The largest absolute Gasteiger partial charge is 0.339 e. The van der Waals surface area contributed by atoms with E-state index in [0.29, 0.717) is 35.8 Å². The van der Waals surface area contributed by atoms with E-state index < -0.39 is 29.2 Å². The number of benzene rings is 2. The number of nitrogens with one attached hydrogen (secondary N) is 2. The van der Waals surface area contributed by atoms with Crippen LogP contribution in [0, 0.1) is 11.2 Å². The van der Waals surface area contributed by atoms with Crippen LogP contribution in [0.25, 0.3) is 0 Å². The van der Waals surface area contributed by atoms with Gasteiger partial charge in [-0.2, -0.15) is 0 Å². The number of hydrogen-bond acceptors (Lipinski definition) is 4. The van der Waals surface area contributed by atoms with Crippen molar-refractivity contribution in [1.82, 2.24) is 15.1 Å². The minimum atomic E-state index is -1.23. The number of carbonyl (C=O) groups is 2. The van der Waals surface area contributed by atoms with E-state index >= 15 is 0 Å². The highest BCUT2D eigenvalue weighted by molar-refractivity contribution is 6.31. The Hall–Kier alpha value is -2.19. The van der Waals surface area contributed by atoms with Crippen LogP contribution in [0.2, 0.25) is 10.0 Å². The summed E-state index contributed by atoms with van der Waals surface area (Å²) in [4.78, 5) is 32.4. The van der Waals surface area contributed by atoms with E-state index in [1.165, 1.54) is 12.1 Å². The van der Waals surface area contributed by atoms with Crippen LogP contribution in [0.1, 0.15) is 44.2 Å². The fourth-order valence-electron chi connectivity index (χ4n) is 6.34. The van der Waals surface area contributed by atoms with Gasteiger partial charge in [-0.1, -0.05) is 56.1 Å². The van der Waals surface area contributed by atoms with Gasteiger partial charge in [-0.05, 0) is 54.3 Å². The second-order valence-corrected chi connectivity index (χ2v) is 12.6. The summed E-state index contributed by atoms with van der Waals surface area (Å²) in [6.07, 6.45) is 0.591. The zero-order chi connectivity index (χ0) is 26.7. The van der Waals surface area contributed by atoms with Gasteiger partial charge in [0, 0.05) is 48.8 Å². The van der Waals surface area contributed by atoms with E-state index in [-0.39, 0.29) is 22.3 Å². The lowest BCUT2D eigenvalue weighted by Crippen LogP contribution is -2.53. The topological polar surface area (TPSA) is 64.7 Å². The van der Waals surface area contributed by atoms with Crippen LogP contribution in [-0.2, 0) is 15.0 Å². The first-order valence-corrected chi connectivity index (χ1v) is 13.5. The molecule has 2 N–H and O–H groups in total. The third-order valence-corrected chi connectivity index (χ3v) is 8.51. The molecule has 0 bridgehead atoms. The number of piperazine rings is 1. The number of anilines is 1. The summed E-state index contributed by atoms with van der Waals surface area (Å²) in [5.74, 6) is -1.51. The second-order valence-electron chi connectivity index (χ2n) is 11.8. The molecule has 0 saturated carbocycles. The van der Waals surface area contributed by atoms with Gasteiger partial charge in [-0.25, -0.2) is 4.39 Å². The fraction of sp³-hybridized carbons (Fsp3) is 0.500. The lowest BCUT2D eigenvalue weighted by molar-refractivity contribution is -0.135. The molecule has 0 unspecified atom stereocenters. The van der Waals surface area contributed by atoms with Crippen LogP contribution in [0.3, 0.4) is 0 Å². The van der Waals surface area contributed by atoms with E-state index in [0.717, 1.165) is 18.7 Å². The molecule has 2 saturated heterocycles. The van der Waals surface area contributed by atoms with Gasteiger partial charge in [0.15, 0.2) is 0 Å². The van der Waals surface area contributed by atoms with Crippen LogP contribution < -0.4 is 10.6 Å². The van der Waals surface area contributed by atoms with E-state index in [1.54, 1.807) is 6.07 Å². The molecule has 0 radical (unpaired) electrons. The van der Waals surface area contributed by atoms with Crippen LogP contribution in [0.4, 0.5) is 10.1 Å². The third kappa shape index (κ3) is 4.54. The Morgan fingerprint density at radius 2 is 1.84 bits per heavy atom. The molecule has 1 spiro atoms. The molecule has 4 atom stereocenters. The number of halogens is 3. The Labute approximate surface area is 227 Å². The van der Waals surface area contributed by atoms with Crippen molar-refractivity contribution in [2.45, 2.75) is 50.6 Å². The number of rotatable bonds is 3. The Kier molecular flexibility index (Phi) is 6.80. The molecule has 2 amide bonds.